The molecular weight excluding hydrogens is 399 g/mol. The van der Waals surface area contributed by atoms with Gasteiger partial charge < -0.3 is 20.5 Å². The third kappa shape index (κ3) is 4.88. The fourth-order valence-electron chi connectivity index (χ4n) is 3.87. The van der Waals surface area contributed by atoms with Crippen LogP contribution >= 0.6 is 12.2 Å². The number of para-hydroxylation sites is 2. The van der Waals surface area contributed by atoms with E-state index in [0.717, 1.165) is 55.1 Å². The molecule has 8 heteroatoms. The number of fused-ring (bicyclic) bond motifs is 1. The number of aromatic nitrogens is 2. The summed E-state index contributed by atoms with van der Waals surface area (Å²) in [5.41, 5.74) is 3.08. The number of benzene rings is 2. The quantitative estimate of drug-likeness (QED) is 0.505. The van der Waals surface area contributed by atoms with Gasteiger partial charge in [-0.15, -0.1) is 0 Å². The minimum atomic E-state index is -0.219. The van der Waals surface area contributed by atoms with E-state index in [0.29, 0.717) is 17.7 Å². The molecule has 1 aliphatic heterocycles. The van der Waals surface area contributed by atoms with Crippen LogP contribution in [0.2, 0.25) is 0 Å². The lowest BCUT2D eigenvalue weighted by molar-refractivity contribution is 0.340. The number of thiocarbonyl (C=S) groups is 1. The number of nitrogens with zero attached hydrogens (tertiary/aromatic N) is 3. The summed E-state index contributed by atoms with van der Waals surface area (Å²) in [5.74, 6) is 0.644. The number of hydrogen-bond donors (Lipinski definition) is 3. The highest BCUT2D eigenvalue weighted by molar-refractivity contribution is 7.80. The molecule has 6 nitrogen and oxygen atoms in total. The molecule has 1 saturated heterocycles. The number of imidazole rings is 1. The first-order chi connectivity index (χ1) is 14.6. The number of rotatable bonds is 7. The monoisotopic (exact) mass is 426 g/mol. The lowest BCUT2D eigenvalue weighted by atomic mass is 10.2. The van der Waals surface area contributed by atoms with Crippen molar-refractivity contribution in [2.45, 2.75) is 19.0 Å². The molecule has 3 aromatic rings. The van der Waals surface area contributed by atoms with Crippen molar-refractivity contribution in [3.8, 4) is 0 Å². The zero-order valence-corrected chi connectivity index (χ0v) is 17.9. The van der Waals surface area contributed by atoms with E-state index in [9.17, 15) is 4.39 Å². The maximum Gasteiger partial charge on any atom is 0.204 e. The van der Waals surface area contributed by atoms with Crippen molar-refractivity contribution in [3.63, 3.8) is 0 Å². The Kier molecular flexibility index (Phi) is 6.44. The zero-order valence-electron chi connectivity index (χ0n) is 17.1. The van der Waals surface area contributed by atoms with Crippen LogP contribution in [0.25, 0.3) is 11.0 Å². The van der Waals surface area contributed by atoms with Crippen LogP contribution in [0, 0.1) is 5.82 Å². The maximum atomic E-state index is 13.3. The van der Waals surface area contributed by atoms with Crippen LogP contribution < -0.4 is 16.0 Å². The number of likely N-dealkylation sites (tertiary alicyclic amines) is 1. The summed E-state index contributed by atoms with van der Waals surface area (Å²) >= 11 is 5.13. The molecule has 0 aliphatic carbocycles. The summed E-state index contributed by atoms with van der Waals surface area (Å²) in [5, 5.41) is 10.5. The molecular formula is C22H27FN6S. The second kappa shape index (κ2) is 9.40. The van der Waals surface area contributed by atoms with E-state index in [1.165, 1.54) is 12.1 Å². The van der Waals surface area contributed by atoms with E-state index in [2.05, 4.69) is 31.5 Å². The summed E-state index contributed by atoms with van der Waals surface area (Å²) in [6.07, 6.45) is 1.07. The number of hydrogen-bond acceptors (Lipinski definition) is 4. The van der Waals surface area contributed by atoms with E-state index >= 15 is 0 Å². The van der Waals surface area contributed by atoms with Gasteiger partial charge in [0.2, 0.25) is 5.95 Å². The van der Waals surface area contributed by atoms with Gasteiger partial charge in [-0.2, -0.15) is 0 Å². The molecule has 4 rings (SSSR count). The third-order valence-corrected chi connectivity index (χ3v) is 5.80. The molecule has 30 heavy (non-hydrogen) atoms. The highest BCUT2D eigenvalue weighted by Gasteiger charge is 2.24. The predicted molar refractivity (Wildman–Crippen MR) is 123 cm³/mol. The predicted octanol–water partition coefficient (Wildman–Crippen LogP) is 2.80. The molecule has 1 atom stereocenters. The first-order valence-electron chi connectivity index (χ1n) is 10.3. The van der Waals surface area contributed by atoms with Gasteiger partial charge in [0.25, 0.3) is 0 Å². The summed E-state index contributed by atoms with van der Waals surface area (Å²) in [4.78, 5) is 7.26. The lowest BCUT2D eigenvalue weighted by Crippen LogP contribution is -2.38. The first kappa shape index (κ1) is 20.6. The van der Waals surface area contributed by atoms with Crippen LogP contribution in [0.1, 0.15) is 12.0 Å². The lowest BCUT2D eigenvalue weighted by Gasteiger charge is -2.18. The average molecular weight is 427 g/mol. The molecule has 1 aliphatic rings. The fourth-order valence-corrected chi connectivity index (χ4v) is 3.97. The second-order valence-electron chi connectivity index (χ2n) is 7.57. The normalized spacial score (nSPS) is 16.7. The van der Waals surface area contributed by atoms with Crippen LogP contribution in [-0.2, 0) is 6.54 Å². The molecule has 3 N–H and O–H groups in total. The van der Waals surface area contributed by atoms with E-state index in [1.807, 2.05) is 37.4 Å². The molecule has 1 aromatic heterocycles. The summed E-state index contributed by atoms with van der Waals surface area (Å²) in [7, 11) is 1.82. The summed E-state index contributed by atoms with van der Waals surface area (Å²) < 4.78 is 15.5. The molecule has 1 unspecified atom stereocenters. The number of halogens is 1. The van der Waals surface area contributed by atoms with Crippen LogP contribution in [-0.4, -0.2) is 58.8 Å². The van der Waals surface area contributed by atoms with Crippen molar-refractivity contribution in [1.82, 2.24) is 25.1 Å². The van der Waals surface area contributed by atoms with Crippen LogP contribution in [0.3, 0.4) is 0 Å². The Morgan fingerprint density at radius 3 is 2.80 bits per heavy atom. The van der Waals surface area contributed by atoms with Gasteiger partial charge in [0.1, 0.15) is 5.82 Å². The smallest absolute Gasteiger partial charge is 0.204 e. The standard InChI is InChI=1S/C22H27FN6S/c1-24-22(30)25-11-13-28-12-10-18(15-28)26-21-27-19-4-2-3-5-20(19)29(21)14-16-6-8-17(23)9-7-16/h2-9,18H,10-15H2,1H3,(H,26,27)(H2,24,25,30). The van der Waals surface area contributed by atoms with E-state index in [-0.39, 0.29) is 5.82 Å². The average Bonchev–Trinajstić information content (AvgIpc) is 3.34. The van der Waals surface area contributed by atoms with E-state index in [4.69, 9.17) is 17.2 Å². The van der Waals surface area contributed by atoms with Crippen molar-refractivity contribution >= 4 is 34.3 Å². The Labute approximate surface area is 181 Å². The van der Waals surface area contributed by atoms with Crippen molar-refractivity contribution in [1.29, 1.82) is 0 Å². The molecule has 0 bridgehead atoms. The molecule has 1 fully saturated rings. The minimum Gasteiger partial charge on any atom is -0.366 e. The van der Waals surface area contributed by atoms with Gasteiger partial charge in [0.05, 0.1) is 17.6 Å². The highest BCUT2D eigenvalue weighted by Crippen LogP contribution is 2.23. The van der Waals surface area contributed by atoms with Crippen molar-refractivity contribution in [2.24, 2.45) is 0 Å². The van der Waals surface area contributed by atoms with Crippen LogP contribution in [0.15, 0.2) is 48.5 Å². The van der Waals surface area contributed by atoms with Gasteiger partial charge in [0, 0.05) is 39.3 Å². The van der Waals surface area contributed by atoms with Gasteiger partial charge in [-0.05, 0) is 48.5 Å². The SMILES string of the molecule is CNC(=S)NCCN1CCC(Nc2nc3ccccc3n2Cc2ccc(F)cc2)C1. The molecule has 2 aromatic carbocycles. The Morgan fingerprint density at radius 1 is 1.20 bits per heavy atom. The van der Waals surface area contributed by atoms with Crippen molar-refractivity contribution in [2.75, 3.05) is 38.5 Å². The van der Waals surface area contributed by atoms with Gasteiger partial charge in [0.15, 0.2) is 5.11 Å². The largest absolute Gasteiger partial charge is 0.366 e. The van der Waals surface area contributed by atoms with Gasteiger partial charge in [-0.3, -0.25) is 4.90 Å². The topological polar surface area (TPSA) is 57.1 Å². The highest BCUT2D eigenvalue weighted by atomic mass is 32.1. The molecule has 2 heterocycles. The Hall–Kier alpha value is -2.71. The fraction of sp³-hybridized carbons (Fsp3) is 0.364. The second-order valence-corrected chi connectivity index (χ2v) is 7.98. The maximum absolute atomic E-state index is 13.3. The first-order valence-corrected chi connectivity index (χ1v) is 10.7. The van der Waals surface area contributed by atoms with Gasteiger partial charge >= 0.3 is 0 Å². The Balaban J connectivity index is 1.45. The zero-order chi connectivity index (χ0) is 20.9. The Bertz CT molecular complexity index is 1000. The third-order valence-electron chi connectivity index (χ3n) is 5.45. The molecule has 0 saturated carbocycles. The van der Waals surface area contributed by atoms with Gasteiger partial charge in [-0.25, -0.2) is 9.37 Å². The van der Waals surface area contributed by atoms with Crippen LogP contribution in [0.5, 0.6) is 0 Å². The van der Waals surface area contributed by atoms with E-state index in [1.54, 1.807) is 0 Å². The summed E-state index contributed by atoms with van der Waals surface area (Å²) in [6, 6.07) is 15.1. The minimum absolute atomic E-state index is 0.219. The number of anilines is 1. The summed E-state index contributed by atoms with van der Waals surface area (Å²) in [6.45, 7) is 4.43. The molecule has 0 radical (unpaired) electrons. The molecule has 0 spiro atoms. The van der Waals surface area contributed by atoms with E-state index < -0.39 is 0 Å². The molecule has 0 amide bonds. The van der Waals surface area contributed by atoms with Crippen LogP contribution in [0.4, 0.5) is 10.3 Å². The van der Waals surface area contributed by atoms with Crippen molar-refractivity contribution in [3.05, 3.63) is 59.9 Å². The number of nitrogens with one attached hydrogen (secondary N) is 3. The molecule has 158 valence electrons. The van der Waals surface area contributed by atoms with Gasteiger partial charge in [-0.1, -0.05) is 24.3 Å². The Morgan fingerprint density at radius 2 is 2.00 bits per heavy atom. The van der Waals surface area contributed by atoms with Crippen molar-refractivity contribution < 1.29 is 4.39 Å².